The lowest BCUT2D eigenvalue weighted by molar-refractivity contribution is -0.149. The van der Waals surface area contributed by atoms with Crippen LogP contribution in [0.4, 0.5) is 0 Å². The average Bonchev–Trinajstić information content (AvgIpc) is 2.40. The Morgan fingerprint density at radius 1 is 1.43 bits per heavy atom. The number of sulfone groups is 1. The zero-order valence-corrected chi connectivity index (χ0v) is 8.70. The number of esters is 1. The molecule has 1 rings (SSSR count). The molecular formula is C7H11NO5S. The third-order valence-electron chi connectivity index (χ3n) is 2.00. The van der Waals surface area contributed by atoms with Crippen molar-refractivity contribution in [1.29, 1.82) is 0 Å². The summed E-state index contributed by atoms with van der Waals surface area (Å²) in [5.74, 6) is -1.88. The van der Waals surface area contributed by atoms with E-state index in [-0.39, 0.29) is 5.75 Å². The normalized spacial score (nSPS) is 24.7. The minimum atomic E-state index is -3.34. The van der Waals surface area contributed by atoms with E-state index in [0.717, 1.165) is 12.0 Å². The fourth-order valence-electron chi connectivity index (χ4n) is 1.33. The summed E-state index contributed by atoms with van der Waals surface area (Å²) >= 11 is 0. The van der Waals surface area contributed by atoms with Gasteiger partial charge in [-0.2, -0.15) is 0 Å². The molecule has 0 aliphatic carbocycles. The second-order valence-corrected chi connectivity index (χ2v) is 5.15. The van der Waals surface area contributed by atoms with Crippen molar-refractivity contribution in [2.24, 2.45) is 0 Å². The van der Waals surface area contributed by atoms with E-state index in [1.54, 1.807) is 0 Å². The van der Waals surface area contributed by atoms with Crippen LogP contribution in [0.5, 0.6) is 0 Å². The maximum absolute atomic E-state index is 11.2. The molecule has 0 radical (unpaired) electrons. The van der Waals surface area contributed by atoms with Gasteiger partial charge in [0.25, 0.3) is 0 Å². The van der Waals surface area contributed by atoms with Gasteiger partial charge in [-0.15, -0.1) is 0 Å². The largest absolute Gasteiger partial charge is 0.467 e. The standard InChI is InChI=1S/C7H11NO5S/c1-5(9)8-4-14(11,12)3-6(8)7(10)13-2/h6H,3-4H2,1-2H3/t6-/m0/s1. The first kappa shape index (κ1) is 11.0. The second kappa shape index (κ2) is 3.56. The highest BCUT2D eigenvalue weighted by atomic mass is 32.2. The Bertz CT molecular complexity index is 360. The van der Waals surface area contributed by atoms with Crippen LogP contribution in [0.3, 0.4) is 0 Å². The second-order valence-electron chi connectivity index (χ2n) is 3.07. The Labute approximate surface area is 81.7 Å². The fraction of sp³-hybridized carbons (Fsp3) is 0.714. The summed E-state index contributed by atoms with van der Waals surface area (Å²) in [5.41, 5.74) is 0. The van der Waals surface area contributed by atoms with Crippen LogP contribution < -0.4 is 0 Å². The number of carbonyl (C=O) groups excluding carboxylic acids is 2. The van der Waals surface area contributed by atoms with Crippen molar-refractivity contribution in [1.82, 2.24) is 4.90 Å². The van der Waals surface area contributed by atoms with E-state index in [2.05, 4.69) is 4.74 Å². The van der Waals surface area contributed by atoms with Crippen molar-refractivity contribution in [3.8, 4) is 0 Å². The molecule has 1 amide bonds. The molecular weight excluding hydrogens is 210 g/mol. The van der Waals surface area contributed by atoms with Crippen LogP contribution in [0.2, 0.25) is 0 Å². The predicted octanol–water partition coefficient (Wildman–Crippen LogP) is -1.24. The third kappa shape index (κ3) is 2.03. The summed E-state index contributed by atoms with van der Waals surface area (Å²) in [5, 5.41) is 0. The van der Waals surface area contributed by atoms with Crippen molar-refractivity contribution in [2.75, 3.05) is 18.7 Å². The molecule has 1 heterocycles. The van der Waals surface area contributed by atoms with Crippen molar-refractivity contribution < 1.29 is 22.7 Å². The Kier molecular flexibility index (Phi) is 2.79. The van der Waals surface area contributed by atoms with Gasteiger partial charge in [-0.25, -0.2) is 13.2 Å². The van der Waals surface area contributed by atoms with Gasteiger partial charge in [-0.05, 0) is 0 Å². The van der Waals surface area contributed by atoms with Crippen molar-refractivity contribution >= 4 is 21.7 Å². The summed E-state index contributed by atoms with van der Waals surface area (Å²) in [7, 11) is -2.18. The highest BCUT2D eigenvalue weighted by Crippen LogP contribution is 2.16. The Hall–Kier alpha value is -1.11. The number of nitrogens with zero attached hydrogens (tertiary/aromatic N) is 1. The van der Waals surface area contributed by atoms with Crippen LogP contribution in [0, 0.1) is 0 Å². The molecule has 0 saturated carbocycles. The molecule has 0 bridgehead atoms. The lowest BCUT2D eigenvalue weighted by Crippen LogP contribution is -2.41. The van der Waals surface area contributed by atoms with E-state index in [4.69, 9.17) is 0 Å². The molecule has 1 saturated heterocycles. The monoisotopic (exact) mass is 221 g/mol. The molecule has 6 nitrogen and oxygen atoms in total. The van der Waals surface area contributed by atoms with Gasteiger partial charge in [0.15, 0.2) is 9.84 Å². The topological polar surface area (TPSA) is 80.8 Å². The first-order chi connectivity index (χ1) is 6.37. The molecule has 0 aromatic carbocycles. The number of ether oxygens (including phenoxy) is 1. The molecule has 1 aliphatic heterocycles. The molecule has 0 unspecified atom stereocenters. The van der Waals surface area contributed by atoms with Gasteiger partial charge in [0.2, 0.25) is 5.91 Å². The minimum absolute atomic E-state index is 0.348. The lowest BCUT2D eigenvalue weighted by atomic mass is 10.3. The zero-order chi connectivity index (χ0) is 10.9. The number of amides is 1. The van der Waals surface area contributed by atoms with Gasteiger partial charge in [-0.1, -0.05) is 0 Å². The first-order valence-corrected chi connectivity index (χ1v) is 5.75. The quantitative estimate of drug-likeness (QED) is 0.517. The number of hydrogen-bond donors (Lipinski definition) is 0. The van der Waals surface area contributed by atoms with Crippen LogP contribution >= 0.6 is 0 Å². The Morgan fingerprint density at radius 3 is 2.43 bits per heavy atom. The number of carbonyl (C=O) groups is 2. The molecule has 1 aliphatic rings. The van der Waals surface area contributed by atoms with Crippen LogP contribution in [-0.4, -0.2) is 50.0 Å². The lowest BCUT2D eigenvalue weighted by Gasteiger charge is -2.18. The highest BCUT2D eigenvalue weighted by Gasteiger charge is 2.41. The van der Waals surface area contributed by atoms with Gasteiger partial charge in [0.1, 0.15) is 11.9 Å². The van der Waals surface area contributed by atoms with E-state index >= 15 is 0 Å². The summed E-state index contributed by atoms with van der Waals surface area (Å²) in [6.07, 6.45) is 0. The molecule has 0 aromatic rings. The molecule has 0 aromatic heterocycles. The van der Waals surface area contributed by atoms with Gasteiger partial charge >= 0.3 is 5.97 Å². The molecule has 14 heavy (non-hydrogen) atoms. The maximum Gasteiger partial charge on any atom is 0.329 e. The van der Waals surface area contributed by atoms with Crippen molar-refractivity contribution in [3.05, 3.63) is 0 Å². The summed E-state index contributed by atoms with van der Waals surface area (Å²) < 4.78 is 26.8. The van der Waals surface area contributed by atoms with E-state index < -0.39 is 33.6 Å². The third-order valence-corrected chi connectivity index (χ3v) is 3.50. The number of rotatable bonds is 1. The van der Waals surface area contributed by atoms with Crippen LogP contribution in [-0.2, 0) is 24.2 Å². The van der Waals surface area contributed by atoms with Gasteiger partial charge < -0.3 is 9.64 Å². The van der Waals surface area contributed by atoms with Crippen LogP contribution in [0.25, 0.3) is 0 Å². The van der Waals surface area contributed by atoms with Crippen LogP contribution in [0.1, 0.15) is 6.92 Å². The molecule has 7 heteroatoms. The minimum Gasteiger partial charge on any atom is -0.467 e. The number of hydrogen-bond acceptors (Lipinski definition) is 5. The van der Waals surface area contributed by atoms with E-state index in [1.807, 2.05) is 0 Å². The fourth-order valence-corrected chi connectivity index (χ4v) is 3.01. The van der Waals surface area contributed by atoms with Gasteiger partial charge in [0.05, 0.1) is 12.9 Å². The summed E-state index contributed by atoms with van der Waals surface area (Å²) in [4.78, 5) is 23.2. The SMILES string of the molecule is COC(=O)[C@@H]1CS(=O)(=O)CN1C(C)=O. The Balaban J connectivity index is 2.94. The maximum atomic E-state index is 11.2. The van der Waals surface area contributed by atoms with Crippen LogP contribution in [0.15, 0.2) is 0 Å². The van der Waals surface area contributed by atoms with E-state index in [1.165, 1.54) is 6.92 Å². The summed E-state index contributed by atoms with van der Waals surface area (Å²) in [6, 6.07) is -0.984. The average molecular weight is 221 g/mol. The summed E-state index contributed by atoms with van der Waals surface area (Å²) in [6.45, 7) is 1.22. The van der Waals surface area contributed by atoms with Gasteiger partial charge in [-0.3, -0.25) is 4.79 Å². The molecule has 0 spiro atoms. The Morgan fingerprint density at radius 2 is 2.00 bits per heavy atom. The van der Waals surface area contributed by atoms with Gasteiger partial charge in [0, 0.05) is 6.92 Å². The molecule has 80 valence electrons. The highest BCUT2D eigenvalue weighted by molar-refractivity contribution is 7.91. The molecule has 1 fully saturated rings. The zero-order valence-electron chi connectivity index (χ0n) is 7.89. The first-order valence-electron chi connectivity index (χ1n) is 3.93. The number of methoxy groups -OCH3 is 1. The smallest absolute Gasteiger partial charge is 0.329 e. The van der Waals surface area contributed by atoms with E-state index in [9.17, 15) is 18.0 Å². The molecule has 0 N–H and O–H groups in total. The van der Waals surface area contributed by atoms with Crippen molar-refractivity contribution in [3.63, 3.8) is 0 Å². The molecule has 1 atom stereocenters. The van der Waals surface area contributed by atoms with Crippen molar-refractivity contribution in [2.45, 2.75) is 13.0 Å². The van der Waals surface area contributed by atoms with E-state index in [0.29, 0.717) is 0 Å². The predicted molar refractivity (Wildman–Crippen MR) is 47.0 cm³/mol.